The van der Waals surface area contributed by atoms with Gasteiger partial charge in [-0.15, -0.1) is 0 Å². The lowest BCUT2D eigenvalue weighted by Crippen LogP contribution is -2.30. The molecule has 140 valence electrons. The van der Waals surface area contributed by atoms with Crippen LogP contribution >= 0.6 is 39.1 Å². The minimum Gasteiger partial charge on any atom is -0.457 e. The molecule has 0 atom stereocenters. The number of ether oxygens (including phenoxy) is 1. The molecule has 0 aromatic heterocycles. The zero-order chi connectivity index (χ0) is 19.5. The number of hydrogen-bond acceptors (Lipinski definition) is 4. The summed E-state index contributed by atoms with van der Waals surface area (Å²) in [5.41, 5.74) is 0.769. The summed E-state index contributed by atoms with van der Waals surface area (Å²) < 4.78 is 32.7. The Bertz CT molecular complexity index is 932. The molecular weight excluding hydrogens is 465 g/mol. The molecule has 2 rings (SSSR count). The van der Waals surface area contributed by atoms with Gasteiger partial charge in [0, 0.05) is 10.5 Å². The van der Waals surface area contributed by atoms with E-state index in [1.54, 1.807) is 32.0 Å². The second kappa shape index (κ2) is 8.71. The van der Waals surface area contributed by atoms with Gasteiger partial charge in [-0.1, -0.05) is 29.3 Å². The molecular formula is C17H16BrCl2NO4S. The fraction of sp³-hybridized carbons (Fsp3) is 0.235. The number of rotatable bonds is 6. The van der Waals surface area contributed by atoms with E-state index in [1.807, 2.05) is 0 Å². The average molecular weight is 481 g/mol. The Kier molecular flexibility index (Phi) is 7.10. The number of halogens is 3. The van der Waals surface area contributed by atoms with Crippen LogP contribution in [0.25, 0.3) is 0 Å². The maximum atomic E-state index is 12.4. The van der Waals surface area contributed by atoms with Gasteiger partial charge in [-0.05, 0) is 65.7 Å². The predicted molar refractivity (Wildman–Crippen MR) is 105 cm³/mol. The van der Waals surface area contributed by atoms with Crippen LogP contribution in [-0.4, -0.2) is 20.4 Å². The van der Waals surface area contributed by atoms with Gasteiger partial charge < -0.3 is 4.74 Å². The lowest BCUT2D eigenvalue weighted by Gasteiger charge is -2.12. The topological polar surface area (TPSA) is 72.5 Å². The number of hydrogen-bond donors (Lipinski definition) is 1. The molecule has 0 aliphatic rings. The van der Waals surface area contributed by atoms with Gasteiger partial charge in [-0.3, -0.25) is 0 Å². The van der Waals surface area contributed by atoms with Crippen molar-refractivity contribution in [2.45, 2.75) is 31.4 Å². The molecule has 2 aromatic rings. The largest absolute Gasteiger partial charge is 0.457 e. The van der Waals surface area contributed by atoms with E-state index in [4.69, 9.17) is 27.9 Å². The van der Waals surface area contributed by atoms with Gasteiger partial charge in [0.15, 0.2) is 0 Å². The molecule has 0 radical (unpaired) electrons. The highest BCUT2D eigenvalue weighted by molar-refractivity contribution is 9.10. The summed E-state index contributed by atoms with van der Waals surface area (Å²) in [5.74, 6) is -0.662. The maximum Gasteiger partial charge on any atom is 0.339 e. The van der Waals surface area contributed by atoms with Crippen molar-refractivity contribution < 1.29 is 17.9 Å². The Balaban J connectivity index is 2.20. The summed E-state index contributed by atoms with van der Waals surface area (Å²) in [7, 11) is -3.72. The lowest BCUT2D eigenvalue weighted by molar-refractivity contribution is 0.0471. The third-order valence-corrected chi connectivity index (χ3v) is 6.30. The third kappa shape index (κ3) is 5.44. The average Bonchev–Trinajstić information content (AvgIpc) is 2.54. The van der Waals surface area contributed by atoms with Crippen LogP contribution in [0.15, 0.2) is 45.8 Å². The van der Waals surface area contributed by atoms with Gasteiger partial charge >= 0.3 is 5.97 Å². The van der Waals surface area contributed by atoms with Crippen molar-refractivity contribution in [3.8, 4) is 0 Å². The zero-order valence-corrected chi connectivity index (χ0v) is 17.8. The van der Waals surface area contributed by atoms with Crippen molar-refractivity contribution in [1.29, 1.82) is 0 Å². The quantitative estimate of drug-likeness (QED) is 0.602. The van der Waals surface area contributed by atoms with Crippen molar-refractivity contribution in [3.05, 3.63) is 62.0 Å². The Hall–Kier alpha value is -1.12. The third-order valence-electron chi connectivity index (χ3n) is 3.21. The number of benzene rings is 2. The van der Waals surface area contributed by atoms with Crippen LogP contribution in [0.3, 0.4) is 0 Å². The minimum absolute atomic E-state index is 0.0177. The fourth-order valence-electron chi connectivity index (χ4n) is 2.06. The number of sulfonamides is 1. The first kappa shape index (κ1) is 21.2. The van der Waals surface area contributed by atoms with Crippen LogP contribution in [0.1, 0.15) is 29.8 Å². The molecule has 26 heavy (non-hydrogen) atoms. The summed E-state index contributed by atoms with van der Waals surface area (Å²) in [6.07, 6.45) is 0. The molecule has 1 N–H and O–H groups in total. The smallest absolute Gasteiger partial charge is 0.339 e. The number of carbonyl (C=O) groups excluding carboxylic acids is 1. The molecule has 0 aliphatic heterocycles. The van der Waals surface area contributed by atoms with Crippen LogP contribution in [0.2, 0.25) is 10.0 Å². The van der Waals surface area contributed by atoms with Gasteiger partial charge in [0.2, 0.25) is 10.0 Å². The van der Waals surface area contributed by atoms with Gasteiger partial charge in [0.25, 0.3) is 0 Å². The normalized spacial score (nSPS) is 11.6. The van der Waals surface area contributed by atoms with E-state index in [1.165, 1.54) is 18.2 Å². The highest BCUT2D eigenvalue weighted by Crippen LogP contribution is 2.25. The van der Waals surface area contributed by atoms with E-state index in [0.717, 1.165) is 0 Å². The molecule has 0 aliphatic carbocycles. The molecule has 9 heteroatoms. The first-order valence-electron chi connectivity index (χ1n) is 7.53. The molecule has 2 aromatic carbocycles. The first-order valence-corrected chi connectivity index (χ1v) is 10.6. The van der Waals surface area contributed by atoms with Crippen molar-refractivity contribution in [3.63, 3.8) is 0 Å². The summed E-state index contributed by atoms with van der Waals surface area (Å²) in [4.78, 5) is 12.3. The van der Waals surface area contributed by atoms with Crippen molar-refractivity contribution in [2.24, 2.45) is 0 Å². The molecule has 0 fully saturated rings. The summed E-state index contributed by atoms with van der Waals surface area (Å²) >= 11 is 15.0. The molecule has 0 saturated heterocycles. The van der Waals surface area contributed by atoms with Crippen molar-refractivity contribution in [1.82, 2.24) is 4.72 Å². The highest BCUT2D eigenvalue weighted by atomic mass is 79.9. The van der Waals surface area contributed by atoms with Crippen LogP contribution in [0.4, 0.5) is 0 Å². The highest BCUT2D eigenvalue weighted by Gasteiger charge is 2.20. The maximum absolute atomic E-state index is 12.4. The van der Waals surface area contributed by atoms with Gasteiger partial charge in [0.1, 0.15) is 6.61 Å². The Morgan fingerprint density at radius 1 is 1.15 bits per heavy atom. The summed E-state index contributed by atoms with van der Waals surface area (Å²) in [6.45, 7) is 3.40. The van der Waals surface area contributed by atoms with Crippen LogP contribution in [-0.2, 0) is 21.4 Å². The van der Waals surface area contributed by atoms with Crippen molar-refractivity contribution in [2.75, 3.05) is 0 Å². The van der Waals surface area contributed by atoms with E-state index < -0.39 is 16.0 Å². The van der Waals surface area contributed by atoms with Gasteiger partial charge in [-0.25, -0.2) is 17.9 Å². The Morgan fingerprint density at radius 3 is 2.46 bits per heavy atom. The molecule has 0 heterocycles. The number of carbonyl (C=O) groups is 1. The lowest BCUT2D eigenvalue weighted by atomic mass is 10.2. The van der Waals surface area contributed by atoms with E-state index >= 15 is 0 Å². The van der Waals surface area contributed by atoms with Crippen molar-refractivity contribution >= 4 is 55.1 Å². The SMILES string of the molecule is CC(C)NS(=O)(=O)c1ccc(Br)c(C(=O)OCc2ccc(Cl)c(Cl)c2)c1. The zero-order valence-electron chi connectivity index (χ0n) is 13.9. The van der Waals surface area contributed by atoms with Gasteiger partial charge in [-0.2, -0.15) is 0 Å². The summed E-state index contributed by atoms with van der Waals surface area (Å²) in [5, 5.41) is 0.759. The monoisotopic (exact) mass is 479 g/mol. The number of nitrogens with one attached hydrogen (secondary N) is 1. The van der Waals surface area contributed by atoms with E-state index in [-0.39, 0.29) is 23.1 Å². The fourth-order valence-corrected chi connectivity index (χ4v) is 4.07. The van der Waals surface area contributed by atoms with E-state index in [2.05, 4.69) is 20.7 Å². The van der Waals surface area contributed by atoms with Crippen LogP contribution < -0.4 is 4.72 Å². The molecule has 0 amide bonds. The molecule has 0 unspecified atom stereocenters. The molecule has 0 bridgehead atoms. The van der Waals surface area contributed by atoms with E-state index in [9.17, 15) is 13.2 Å². The molecule has 5 nitrogen and oxygen atoms in total. The second-order valence-electron chi connectivity index (χ2n) is 5.74. The number of esters is 1. The van der Waals surface area contributed by atoms with Crippen LogP contribution in [0.5, 0.6) is 0 Å². The summed E-state index contributed by atoms with van der Waals surface area (Å²) in [6, 6.07) is 8.78. The molecule has 0 saturated carbocycles. The van der Waals surface area contributed by atoms with Crippen LogP contribution in [0, 0.1) is 0 Å². The Labute approximate surface area is 170 Å². The molecule has 0 spiro atoms. The second-order valence-corrected chi connectivity index (χ2v) is 9.12. The minimum atomic E-state index is -3.72. The van der Waals surface area contributed by atoms with E-state index in [0.29, 0.717) is 20.1 Å². The first-order chi connectivity index (χ1) is 12.1. The standard InChI is InChI=1S/C17H16BrCl2NO4S/c1-10(2)21-26(23,24)12-4-5-14(18)13(8-12)17(22)25-9-11-3-6-15(19)16(20)7-11/h3-8,10,21H,9H2,1-2H3. The van der Waals surface area contributed by atoms with Gasteiger partial charge in [0.05, 0.1) is 20.5 Å². The predicted octanol–water partition coefficient (Wildman–Crippen LogP) is 4.80. The Morgan fingerprint density at radius 2 is 1.85 bits per heavy atom.